The van der Waals surface area contributed by atoms with Crippen molar-refractivity contribution in [3.05, 3.63) is 22.8 Å². The van der Waals surface area contributed by atoms with Crippen molar-refractivity contribution in [2.45, 2.75) is 19.3 Å². The zero-order valence-corrected chi connectivity index (χ0v) is 10.7. The van der Waals surface area contributed by atoms with Gasteiger partial charge in [-0.2, -0.15) is 4.98 Å². The third-order valence-electron chi connectivity index (χ3n) is 2.90. The number of nitrogens with zero attached hydrogens (tertiary/aromatic N) is 2. The number of ketones is 1. The minimum absolute atomic E-state index is 0.0511. The van der Waals surface area contributed by atoms with Crippen LogP contribution in [0, 0.1) is 0 Å². The van der Waals surface area contributed by atoms with Gasteiger partial charge in [-0.1, -0.05) is 5.16 Å². The number of hydrogen-bond donors (Lipinski definition) is 0. The van der Waals surface area contributed by atoms with Crippen molar-refractivity contribution in [2.75, 3.05) is 13.2 Å². The Morgan fingerprint density at radius 1 is 1.50 bits per heavy atom. The maximum atomic E-state index is 11.2. The molecule has 0 N–H and O–H groups in total. The van der Waals surface area contributed by atoms with Crippen LogP contribution in [-0.2, 0) is 4.74 Å². The molecule has 0 amide bonds. The molecule has 3 heterocycles. The van der Waals surface area contributed by atoms with Gasteiger partial charge in [0.1, 0.15) is 0 Å². The molecule has 18 heavy (non-hydrogen) atoms. The quantitative estimate of drug-likeness (QED) is 0.797. The first-order valence-electron chi connectivity index (χ1n) is 5.76. The van der Waals surface area contributed by atoms with Crippen molar-refractivity contribution >= 4 is 17.1 Å². The summed E-state index contributed by atoms with van der Waals surface area (Å²) in [6, 6.07) is 3.62. The zero-order chi connectivity index (χ0) is 12.5. The van der Waals surface area contributed by atoms with Gasteiger partial charge in [0.2, 0.25) is 0 Å². The summed E-state index contributed by atoms with van der Waals surface area (Å²) in [5.41, 5.74) is 0. The van der Waals surface area contributed by atoms with Gasteiger partial charge < -0.3 is 9.26 Å². The summed E-state index contributed by atoms with van der Waals surface area (Å²) < 4.78 is 10.5. The Hall–Kier alpha value is -1.53. The molecule has 0 aromatic carbocycles. The van der Waals surface area contributed by atoms with Crippen LogP contribution < -0.4 is 0 Å². The molecule has 1 aliphatic rings. The minimum Gasteiger partial charge on any atom is -0.381 e. The molecule has 1 atom stereocenters. The Kier molecular flexibility index (Phi) is 2.97. The molecular formula is C12H12N2O3S. The van der Waals surface area contributed by atoms with Crippen LogP contribution in [0.1, 0.15) is 34.8 Å². The molecule has 6 heteroatoms. The third kappa shape index (κ3) is 2.09. The van der Waals surface area contributed by atoms with E-state index < -0.39 is 0 Å². The molecule has 0 aliphatic carbocycles. The van der Waals surface area contributed by atoms with Gasteiger partial charge in [-0.05, 0) is 25.5 Å². The summed E-state index contributed by atoms with van der Waals surface area (Å²) in [5.74, 6) is 1.46. The lowest BCUT2D eigenvalue weighted by Crippen LogP contribution is -1.99. The van der Waals surface area contributed by atoms with E-state index in [2.05, 4.69) is 10.1 Å². The number of thiophene rings is 1. The van der Waals surface area contributed by atoms with E-state index in [0.717, 1.165) is 17.9 Å². The van der Waals surface area contributed by atoms with Gasteiger partial charge >= 0.3 is 0 Å². The maximum absolute atomic E-state index is 11.2. The largest absolute Gasteiger partial charge is 0.381 e. The van der Waals surface area contributed by atoms with Crippen molar-refractivity contribution in [2.24, 2.45) is 0 Å². The lowest BCUT2D eigenvalue weighted by molar-refractivity contribution is 0.102. The molecule has 1 saturated heterocycles. The molecule has 2 aromatic heterocycles. The summed E-state index contributed by atoms with van der Waals surface area (Å²) in [6.45, 7) is 2.95. The van der Waals surface area contributed by atoms with E-state index in [1.165, 1.54) is 11.3 Å². The Bertz CT molecular complexity index is 569. The second-order valence-corrected chi connectivity index (χ2v) is 5.32. The molecule has 0 unspecified atom stereocenters. The number of Topliss-reactive ketones (excluding diaryl/α,β-unsaturated/α-hetero) is 1. The highest BCUT2D eigenvalue weighted by molar-refractivity contribution is 7.17. The van der Waals surface area contributed by atoms with E-state index >= 15 is 0 Å². The van der Waals surface area contributed by atoms with Gasteiger partial charge in [0.25, 0.3) is 5.89 Å². The van der Waals surface area contributed by atoms with Gasteiger partial charge in [-0.25, -0.2) is 0 Å². The molecule has 0 spiro atoms. The monoisotopic (exact) mass is 264 g/mol. The van der Waals surface area contributed by atoms with E-state index in [9.17, 15) is 4.79 Å². The number of carbonyl (C=O) groups excluding carboxylic acids is 1. The molecule has 0 saturated carbocycles. The molecule has 94 valence electrons. The fourth-order valence-electron chi connectivity index (χ4n) is 1.88. The van der Waals surface area contributed by atoms with Gasteiger partial charge in [0.15, 0.2) is 11.6 Å². The van der Waals surface area contributed by atoms with Crippen molar-refractivity contribution < 1.29 is 14.1 Å². The lowest BCUT2D eigenvalue weighted by atomic mass is 10.1. The first-order chi connectivity index (χ1) is 8.74. The maximum Gasteiger partial charge on any atom is 0.268 e. The van der Waals surface area contributed by atoms with Crippen LogP contribution in [-0.4, -0.2) is 29.1 Å². The minimum atomic E-state index is 0.0511. The Labute approximate surface area is 108 Å². The fraction of sp³-hybridized carbons (Fsp3) is 0.417. The van der Waals surface area contributed by atoms with Crippen molar-refractivity contribution in [1.29, 1.82) is 0 Å². The van der Waals surface area contributed by atoms with Crippen LogP contribution in [0.5, 0.6) is 0 Å². The van der Waals surface area contributed by atoms with Crippen LogP contribution in [0.3, 0.4) is 0 Å². The first-order valence-corrected chi connectivity index (χ1v) is 6.58. The highest BCUT2D eigenvalue weighted by Gasteiger charge is 2.23. The van der Waals surface area contributed by atoms with Crippen molar-refractivity contribution in [3.63, 3.8) is 0 Å². The SMILES string of the molecule is CC(=O)c1ccc(-c2nc([C@H]3CCOC3)no2)s1. The average molecular weight is 264 g/mol. The molecule has 2 aromatic rings. The second-order valence-electron chi connectivity index (χ2n) is 4.24. The predicted molar refractivity (Wildman–Crippen MR) is 65.8 cm³/mol. The molecule has 1 aliphatic heterocycles. The summed E-state index contributed by atoms with van der Waals surface area (Å²) in [6.07, 6.45) is 0.933. The van der Waals surface area contributed by atoms with Gasteiger partial charge in [0, 0.05) is 12.5 Å². The van der Waals surface area contributed by atoms with E-state index in [4.69, 9.17) is 9.26 Å². The Morgan fingerprint density at radius 2 is 2.39 bits per heavy atom. The highest BCUT2D eigenvalue weighted by Crippen LogP contribution is 2.29. The van der Waals surface area contributed by atoms with Gasteiger partial charge in [-0.15, -0.1) is 11.3 Å². The third-order valence-corrected chi connectivity index (χ3v) is 4.07. The summed E-state index contributed by atoms with van der Waals surface area (Å²) in [5, 5.41) is 3.98. The Balaban J connectivity index is 1.85. The molecule has 0 radical (unpaired) electrons. The van der Waals surface area contributed by atoms with E-state index in [1.807, 2.05) is 6.07 Å². The van der Waals surface area contributed by atoms with Crippen LogP contribution in [0.25, 0.3) is 10.8 Å². The average Bonchev–Trinajstić information content (AvgIpc) is 3.10. The first kappa shape index (κ1) is 11.6. The number of hydrogen-bond acceptors (Lipinski definition) is 6. The molecule has 1 fully saturated rings. The number of rotatable bonds is 3. The predicted octanol–water partition coefficient (Wildman–Crippen LogP) is 2.50. The summed E-state index contributed by atoms with van der Waals surface area (Å²) >= 11 is 1.37. The smallest absolute Gasteiger partial charge is 0.268 e. The van der Waals surface area contributed by atoms with E-state index in [0.29, 0.717) is 23.2 Å². The van der Waals surface area contributed by atoms with Gasteiger partial charge in [-0.3, -0.25) is 4.79 Å². The fourth-order valence-corrected chi connectivity index (χ4v) is 2.70. The van der Waals surface area contributed by atoms with Crippen LogP contribution in [0.2, 0.25) is 0 Å². The molecule has 0 bridgehead atoms. The van der Waals surface area contributed by atoms with E-state index in [-0.39, 0.29) is 11.7 Å². The molecular weight excluding hydrogens is 252 g/mol. The standard InChI is InChI=1S/C12H12N2O3S/c1-7(15)9-2-3-10(18-9)12-13-11(14-17-12)8-4-5-16-6-8/h2-3,8H,4-6H2,1H3/t8-/m0/s1. The summed E-state index contributed by atoms with van der Waals surface area (Å²) in [7, 11) is 0. The molecule has 3 rings (SSSR count). The number of ether oxygens (including phenoxy) is 1. The normalized spacial score (nSPS) is 19.3. The molecule has 5 nitrogen and oxygen atoms in total. The number of carbonyl (C=O) groups is 1. The summed E-state index contributed by atoms with van der Waals surface area (Å²) in [4.78, 5) is 17.1. The van der Waals surface area contributed by atoms with Crippen LogP contribution >= 0.6 is 11.3 Å². The zero-order valence-electron chi connectivity index (χ0n) is 9.88. The van der Waals surface area contributed by atoms with Crippen LogP contribution in [0.4, 0.5) is 0 Å². The van der Waals surface area contributed by atoms with Gasteiger partial charge in [0.05, 0.1) is 16.4 Å². The van der Waals surface area contributed by atoms with E-state index in [1.54, 1.807) is 13.0 Å². The Morgan fingerprint density at radius 3 is 3.06 bits per heavy atom. The highest BCUT2D eigenvalue weighted by atomic mass is 32.1. The van der Waals surface area contributed by atoms with Crippen molar-refractivity contribution in [1.82, 2.24) is 10.1 Å². The topological polar surface area (TPSA) is 65.2 Å². The number of aromatic nitrogens is 2. The van der Waals surface area contributed by atoms with Crippen LogP contribution in [0.15, 0.2) is 16.7 Å². The van der Waals surface area contributed by atoms with Crippen molar-refractivity contribution in [3.8, 4) is 10.8 Å². The lowest BCUT2D eigenvalue weighted by Gasteiger charge is -1.97. The second kappa shape index (κ2) is 4.62.